The molecule has 0 saturated heterocycles. The van der Waals surface area contributed by atoms with Crippen LogP contribution in [-0.4, -0.2) is 29.8 Å². The first-order chi connectivity index (χ1) is 5.77. The lowest BCUT2D eigenvalue weighted by Crippen LogP contribution is -2.05. The minimum atomic E-state index is -0.634. The molecular weight excluding hydrogens is 162 g/mol. The van der Waals surface area contributed by atoms with E-state index in [-0.39, 0.29) is 5.89 Å². The Hall–Kier alpha value is -1.43. The maximum absolute atomic E-state index is 10.8. The molecule has 0 aliphatic heterocycles. The van der Waals surface area contributed by atoms with E-state index >= 15 is 0 Å². The van der Waals surface area contributed by atoms with Gasteiger partial charge in [-0.1, -0.05) is 5.16 Å². The summed E-state index contributed by atoms with van der Waals surface area (Å²) in [6.45, 7) is 0.417. The second-order valence-corrected chi connectivity index (χ2v) is 2.05. The molecule has 0 spiro atoms. The van der Waals surface area contributed by atoms with Gasteiger partial charge in [0.25, 0.3) is 0 Å². The van der Waals surface area contributed by atoms with Crippen LogP contribution in [-0.2, 0) is 11.2 Å². The van der Waals surface area contributed by atoms with Crippen molar-refractivity contribution in [1.29, 1.82) is 0 Å². The number of hydrogen-bond acceptors (Lipinski definition) is 6. The second-order valence-electron chi connectivity index (χ2n) is 2.05. The Bertz CT molecular complexity index is 271. The number of ether oxygens (including phenoxy) is 1. The van der Waals surface area contributed by atoms with E-state index in [1.54, 1.807) is 0 Å². The quantitative estimate of drug-likeness (QED) is 0.608. The fourth-order valence-corrected chi connectivity index (χ4v) is 0.655. The Morgan fingerprint density at radius 1 is 1.75 bits per heavy atom. The van der Waals surface area contributed by atoms with Crippen LogP contribution in [0, 0.1) is 0 Å². The summed E-state index contributed by atoms with van der Waals surface area (Å²) >= 11 is 0. The number of carbonyl (C=O) groups excluding carboxylic acids is 1. The zero-order valence-electron chi connectivity index (χ0n) is 6.61. The first-order valence-electron chi connectivity index (χ1n) is 3.39. The van der Waals surface area contributed by atoms with E-state index in [2.05, 4.69) is 19.4 Å². The van der Waals surface area contributed by atoms with Gasteiger partial charge in [0.2, 0.25) is 0 Å². The average molecular weight is 171 g/mol. The first kappa shape index (κ1) is 8.66. The third-order valence-corrected chi connectivity index (χ3v) is 1.20. The van der Waals surface area contributed by atoms with Crippen LogP contribution >= 0.6 is 0 Å². The molecule has 0 aliphatic carbocycles. The molecule has 0 bridgehead atoms. The maximum atomic E-state index is 10.8. The fourth-order valence-electron chi connectivity index (χ4n) is 0.655. The predicted molar refractivity (Wildman–Crippen MR) is 38.4 cm³/mol. The summed E-state index contributed by atoms with van der Waals surface area (Å²) in [5.74, 6) is -0.357. The van der Waals surface area contributed by atoms with Gasteiger partial charge in [0, 0.05) is 6.42 Å². The molecule has 2 N–H and O–H groups in total. The Balaban J connectivity index is 2.70. The summed E-state index contributed by atoms with van der Waals surface area (Å²) in [6, 6.07) is 0. The summed E-state index contributed by atoms with van der Waals surface area (Å²) in [5, 5.41) is 3.51. The van der Waals surface area contributed by atoms with Gasteiger partial charge in [0.05, 0.1) is 7.11 Å². The molecule has 0 aromatic carbocycles. The van der Waals surface area contributed by atoms with E-state index in [1.165, 1.54) is 7.11 Å². The van der Waals surface area contributed by atoms with Crippen molar-refractivity contribution in [3.8, 4) is 0 Å². The third-order valence-electron chi connectivity index (χ3n) is 1.20. The molecule has 0 amide bonds. The Labute approximate surface area is 68.7 Å². The Morgan fingerprint density at radius 3 is 3.08 bits per heavy atom. The topological polar surface area (TPSA) is 91.2 Å². The maximum Gasteiger partial charge on any atom is 0.397 e. The van der Waals surface area contributed by atoms with E-state index in [1.807, 2.05) is 0 Å². The standard InChI is InChI=1S/C6H9N3O3/c1-11-6(10)5-8-4(2-3-7)9-12-5/h2-3,7H2,1H3. The van der Waals surface area contributed by atoms with Gasteiger partial charge >= 0.3 is 11.9 Å². The third kappa shape index (κ3) is 1.79. The fraction of sp³-hybridized carbons (Fsp3) is 0.500. The van der Waals surface area contributed by atoms with Crippen molar-refractivity contribution >= 4 is 5.97 Å². The molecule has 66 valence electrons. The predicted octanol–water partition coefficient (Wildman–Crippen LogP) is -0.643. The number of methoxy groups -OCH3 is 1. The summed E-state index contributed by atoms with van der Waals surface area (Å²) < 4.78 is 8.94. The van der Waals surface area contributed by atoms with Crippen LogP contribution in [0.25, 0.3) is 0 Å². The number of esters is 1. The van der Waals surface area contributed by atoms with Crippen LogP contribution in [0.3, 0.4) is 0 Å². The van der Waals surface area contributed by atoms with Crippen molar-refractivity contribution in [2.75, 3.05) is 13.7 Å². The van der Waals surface area contributed by atoms with Crippen LogP contribution in [0.4, 0.5) is 0 Å². The van der Waals surface area contributed by atoms with Crippen molar-refractivity contribution in [1.82, 2.24) is 10.1 Å². The summed E-state index contributed by atoms with van der Waals surface area (Å²) in [4.78, 5) is 14.5. The number of rotatable bonds is 3. The Morgan fingerprint density at radius 2 is 2.50 bits per heavy atom. The number of nitrogens with two attached hydrogens (primary N) is 1. The van der Waals surface area contributed by atoms with Gasteiger partial charge in [0.15, 0.2) is 5.82 Å². The van der Waals surface area contributed by atoms with Crippen molar-refractivity contribution < 1.29 is 14.1 Å². The monoisotopic (exact) mass is 171 g/mol. The molecular formula is C6H9N3O3. The van der Waals surface area contributed by atoms with Gasteiger partial charge in [-0.15, -0.1) is 0 Å². The highest BCUT2D eigenvalue weighted by molar-refractivity contribution is 5.83. The normalized spacial score (nSPS) is 9.83. The van der Waals surface area contributed by atoms with E-state index in [9.17, 15) is 4.79 Å². The minimum absolute atomic E-state index is 0.138. The van der Waals surface area contributed by atoms with E-state index in [0.29, 0.717) is 18.8 Å². The number of hydrogen-bond donors (Lipinski definition) is 1. The molecule has 6 nitrogen and oxygen atoms in total. The van der Waals surface area contributed by atoms with Crippen LogP contribution in [0.1, 0.15) is 16.5 Å². The van der Waals surface area contributed by atoms with Gasteiger partial charge in [-0.25, -0.2) is 4.79 Å². The van der Waals surface area contributed by atoms with Crippen LogP contribution in [0.5, 0.6) is 0 Å². The van der Waals surface area contributed by atoms with Crippen LogP contribution in [0.15, 0.2) is 4.52 Å². The zero-order chi connectivity index (χ0) is 8.97. The van der Waals surface area contributed by atoms with Gasteiger partial charge in [-0.3, -0.25) is 0 Å². The number of nitrogens with zero attached hydrogens (tertiary/aromatic N) is 2. The summed E-state index contributed by atoms with van der Waals surface area (Å²) in [7, 11) is 1.25. The van der Waals surface area contributed by atoms with Crippen molar-refractivity contribution in [3.63, 3.8) is 0 Å². The molecule has 6 heteroatoms. The molecule has 0 aliphatic rings. The molecule has 0 saturated carbocycles. The highest BCUT2D eigenvalue weighted by atomic mass is 16.6. The highest BCUT2D eigenvalue weighted by Gasteiger charge is 2.14. The van der Waals surface area contributed by atoms with E-state index in [0.717, 1.165) is 0 Å². The van der Waals surface area contributed by atoms with E-state index in [4.69, 9.17) is 5.73 Å². The Kier molecular flexibility index (Phi) is 2.76. The summed E-state index contributed by atoms with van der Waals surface area (Å²) in [6.07, 6.45) is 0.487. The molecule has 1 rings (SSSR count). The largest absolute Gasteiger partial charge is 0.462 e. The molecule has 1 aromatic heterocycles. The second kappa shape index (κ2) is 3.82. The molecule has 12 heavy (non-hydrogen) atoms. The molecule has 1 heterocycles. The van der Waals surface area contributed by atoms with Gasteiger partial charge in [0.1, 0.15) is 0 Å². The number of aromatic nitrogens is 2. The molecule has 1 aromatic rings. The van der Waals surface area contributed by atoms with Gasteiger partial charge in [-0.05, 0) is 6.54 Å². The molecule has 0 fully saturated rings. The molecule has 0 radical (unpaired) electrons. The van der Waals surface area contributed by atoms with Crippen molar-refractivity contribution in [2.24, 2.45) is 5.73 Å². The lowest BCUT2D eigenvalue weighted by Gasteiger charge is -1.87. The first-order valence-corrected chi connectivity index (χ1v) is 3.39. The van der Waals surface area contributed by atoms with E-state index < -0.39 is 5.97 Å². The molecule has 0 atom stereocenters. The van der Waals surface area contributed by atoms with Gasteiger partial charge < -0.3 is 15.0 Å². The lowest BCUT2D eigenvalue weighted by atomic mass is 10.4. The van der Waals surface area contributed by atoms with Crippen LogP contribution < -0.4 is 5.73 Å². The highest BCUT2D eigenvalue weighted by Crippen LogP contribution is 1.98. The number of carbonyl (C=O) groups is 1. The summed E-state index contributed by atoms with van der Waals surface area (Å²) in [5.41, 5.74) is 5.24. The van der Waals surface area contributed by atoms with Crippen LogP contribution in [0.2, 0.25) is 0 Å². The average Bonchev–Trinajstić information content (AvgIpc) is 2.52. The van der Waals surface area contributed by atoms with Crippen molar-refractivity contribution in [3.05, 3.63) is 11.7 Å². The smallest absolute Gasteiger partial charge is 0.397 e. The minimum Gasteiger partial charge on any atom is -0.462 e. The molecule has 0 unspecified atom stereocenters. The zero-order valence-corrected chi connectivity index (χ0v) is 6.61. The van der Waals surface area contributed by atoms with Crippen molar-refractivity contribution in [2.45, 2.75) is 6.42 Å². The SMILES string of the molecule is COC(=O)c1nc(CCN)no1. The van der Waals surface area contributed by atoms with Gasteiger partial charge in [-0.2, -0.15) is 4.98 Å². The lowest BCUT2D eigenvalue weighted by molar-refractivity contribution is 0.0545.